The lowest BCUT2D eigenvalue weighted by molar-refractivity contribution is -0.150. The molecular formula is C20H23ClN4O3S. The second kappa shape index (κ2) is 8.30. The van der Waals surface area contributed by atoms with Crippen molar-refractivity contribution >= 4 is 33.9 Å². The Morgan fingerprint density at radius 1 is 1.45 bits per heavy atom. The fourth-order valence-electron chi connectivity index (χ4n) is 3.92. The van der Waals surface area contributed by atoms with Gasteiger partial charge in [-0.2, -0.15) is 4.52 Å². The van der Waals surface area contributed by atoms with Gasteiger partial charge < -0.3 is 9.84 Å². The summed E-state index contributed by atoms with van der Waals surface area (Å²) in [6.07, 6.45) is 1.66. The molecule has 1 aliphatic heterocycles. The maximum absolute atomic E-state index is 12.4. The van der Waals surface area contributed by atoms with Crippen LogP contribution in [0.3, 0.4) is 0 Å². The van der Waals surface area contributed by atoms with E-state index in [0.29, 0.717) is 29.0 Å². The number of hydrogen-bond acceptors (Lipinski definition) is 7. The maximum atomic E-state index is 12.4. The average molecular weight is 435 g/mol. The molecule has 1 aliphatic rings. The van der Waals surface area contributed by atoms with Gasteiger partial charge in [0.2, 0.25) is 10.8 Å². The highest BCUT2D eigenvalue weighted by Gasteiger charge is 2.36. The summed E-state index contributed by atoms with van der Waals surface area (Å²) in [6, 6.07) is 7.32. The Bertz CT molecular complexity index is 1030. The number of nitrogens with zero attached hydrogens (tertiary/aromatic N) is 4. The first-order chi connectivity index (χ1) is 14.0. The third kappa shape index (κ3) is 3.84. The van der Waals surface area contributed by atoms with Crippen molar-refractivity contribution in [2.75, 3.05) is 19.7 Å². The number of carbonyl (C=O) groups is 1. The van der Waals surface area contributed by atoms with Crippen molar-refractivity contribution in [3.63, 3.8) is 0 Å². The zero-order valence-corrected chi connectivity index (χ0v) is 17.9. The van der Waals surface area contributed by atoms with Gasteiger partial charge in [0.25, 0.3) is 0 Å². The molecule has 3 heterocycles. The number of hydrogen-bond donors (Lipinski definition) is 1. The predicted octanol–water partition coefficient (Wildman–Crippen LogP) is 3.82. The first-order valence-corrected chi connectivity index (χ1v) is 10.9. The number of piperidine rings is 1. The van der Waals surface area contributed by atoms with Crippen molar-refractivity contribution in [2.45, 2.75) is 32.7 Å². The second-order valence-corrected chi connectivity index (χ2v) is 8.57. The van der Waals surface area contributed by atoms with Crippen molar-refractivity contribution in [3.05, 3.63) is 45.6 Å². The number of rotatable bonds is 5. The summed E-state index contributed by atoms with van der Waals surface area (Å²) >= 11 is 7.95. The summed E-state index contributed by atoms with van der Waals surface area (Å²) in [5, 5.41) is 15.8. The lowest BCUT2D eigenvalue weighted by atomic mass is 9.94. The predicted molar refractivity (Wildman–Crippen MR) is 111 cm³/mol. The van der Waals surface area contributed by atoms with Gasteiger partial charge in [0.1, 0.15) is 5.82 Å². The van der Waals surface area contributed by atoms with Crippen LogP contribution in [0, 0.1) is 12.8 Å². The van der Waals surface area contributed by atoms with Crippen molar-refractivity contribution in [1.82, 2.24) is 19.5 Å². The molecule has 2 aromatic heterocycles. The van der Waals surface area contributed by atoms with Crippen LogP contribution in [-0.4, -0.2) is 50.3 Å². The third-order valence-electron chi connectivity index (χ3n) is 5.19. The van der Waals surface area contributed by atoms with Crippen LogP contribution in [0.2, 0.25) is 5.02 Å². The number of likely N-dealkylation sites (tertiary alicyclic amines) is 1. The summed E-state index contributed by atoms with van der Waals surface area (Å²) in [7, 11) is 0. The minimum atomic E-state index is -0.297. The van der Waals surface area contributed by atoms with Crippen molar-refractivity contribution < 1.29 is 14.6 Å². The number of benzene rings is 1. The molecule has 1 N–H and O–H groups in total. The molecule has 1 aromatic carbocycles. The molecule has 4 rings (SSSR count). The largest absolute Gasteiger partial charge is 0.492 e. The molecular weight excluding hydrogens is 412 g/mol. The highest BCUT2D eigenvalue weighted by molar-refractivity contribution is 7.17. The molecule has 0 amide bonds. The first-order valence-electron chi connectivity index (χ1n) is 9.69. The van der Waals surface area contributed by atoms with E-state index in [0.717, 1.165) is 29.8 Å². The van der Waals surface area contributed by atoms with E-state index in [2.05, 4.69) is 15.0 Å². The molecule has 29 heavy (non-hydrogen) atoms. The van der Waals surface area contributed by atoms with E-state index < -0.39 is 0 Å². The number of aromatic nitrogens is 3. The van der Waals surface area contributed by atoms with Crippen LogP contribution >= 0.6 is 22.9 Å². The number of carbonyl (C=O) groups excluding carboxylic acids is 1. The number of ether oxygens (including phenoxy) is 1. The lowest BCUT2D eigenvalue weighted by Crippen LogP contribution is -2.41. The van der Waals surface area contributed by atoms with Crippen LogP contribution in [0.1, 0.15) is 42.1 Å². The van der Waals surface area contributed by atoms with Gasteiger partial charge in [-0.1, -0.05) is 41.1 Å². The Kier molecular flexibility index (Phi) is 5.76. The van der Waals surface area contributed by atoms with E-state index in [9.17, 15) is 9.90 Å². The molecule has 9 heteroatoms. The maximum Gasteiger partial charge on any atom is 0.310 e. The van der Waals surface area contributed by atoms with Crippen LogP contribution < -0.4 is 0 Å². The minimum Gasteiger partial charge on any atom is -0.492 e. The molecule has 7 nitrogen and oxygen atoms in total. The monoisotopic (exact) mass is 434 g/mol. The summed E-state index contributed by atoms with van der Waals surface area (Å²) in [4.78, 5) is 20.3. The van der Waals surface area contributed by atoms with Gasteiger partial charge >= 0.3 is 5.97 Å². The van der Waals surface area contributed by atoms with E-state index in [1.807, 2.05) is 31.2 Å². The molecule has 0 spiro atoms. The lowest BCUT2D eigenvalue weighted by Gasteiger charge is -2.37. The summed E-state index contributed by atoms with van der Waals surface area (Å²) < 4.78 is 6.72. The average Bonchev–Trinajstić information content (AvgIpc) is 3.21. The van der Waals surface area contributed by atoms with E-state index in [-0.39, 0.29) is 23.8 Å². The standard InChI is InChI=1S/C20H23ClN4O3S/c1-3-28-19(27)13-7-6-10-24(11-13)16(14-8-4-5-9-15(14)21)17-18(26)25-20(29-17)22-12(2)23-25/h4-5,8-9,13,16,26H,3,6-7,10-11H2,1-2H3/t13-,16+/m0/s1. The Labute approximate surface area is 177 Å². The minimum absolute atomic E-state index is 0.0637. The van der Waals surface area contributed by atoms with Gasteiger partial charge in [-0.15, -0.1) is 5.10 Å². The molecule has 0 saturated carbocycles. The van der Waals surface area contributed by atoms with Crippen LogP contribution in [-0.2, 0) is 9.53 Å². The fraction of sp³-hybridized carbons (Fsp3) is 0.450. The molecule has 3 aromatic rings. The summed E-state index contributed by atoms with van der Waals surface area (Å²) in [6.45, 7) is 5.31. The Morgan fingerprint density at radius 2 is 2.24 bits per heavy atom. The molecule has 0 aliphatic carbocycles. The van der Waals surface area contributed by atoms with Gasteiger partial charge in [0.15, 0.2) is 0 Å². The van der Waals surface area contributed by atoms with E-state index in [1.54, 1.807) is 6.92 Å². The highest BCUT2D eigenvalue weighted by Crippen LogP contribution is 2.43. The Hall–Kier alpha value is -2.16. The SMILES string of the molecule is CCOC(=O)[C@H]1CCCN([C@H](c2ccccc2Cl)c2sc3nc(C)nn3c2O)C1. The number of esters is 1. The van der Waals surface area contributed by atoms with E-state index >= 15 is 0 Å². The van der Waals surface area contributed by atoms with Crippen LogP contribution in [0.4, 0.5) is 0 Å². The Morgan fingerprint density at radius 3 is 2.97 bits per heavy atom. The number of fused-ring (bicyclic) bond motifs is 1. The van der Waals surface area contributed by atoms with Gasteiger partial charge in [0.05, 0.1) is 23.4 Å². The fourth-order valence-corrected chi connectivity index (χ4v) is 5.31. The van der Waals surface area contributed by atoms with Gasteiger partial charge in [-0.05, 0) is 44.9 Å². The Balaban J connectivity index is 1.76. The van der Waals surface area contributed by atoms with Crippen LogP contribution in [0.5, 0.6) is 5.88 Å². The number of thiazole rings is 1. The molecule has 2 atom stereocenters. The van der Waals surface area contributed by atoms with Gasteiger partial charge in [-0.3, -0.25) is 9.69 Å². The van der Waals surface area contributed by atoms with Crippen molar-refractivity contribution in [1.29, 1.82) is 0 Å². The van der Waals surface area contributed by atoms with Crippen LogP contribution in [0.25, 0.3) is 4.96 Å². The smallest absolute Gasteiger partial charge is 0.310 e. The molecule has 154 valence electrons. The van der Waals surface area contributed by atoms with Crippen molar-refractivity contribution in [3.8, 4) is 5.88 Å². The van der Waals surface area contributed by atoms with E-state index in [1.165, 1.54) is 15.9 Å². The number of aromatic hydroxyl groups is 1. The number of aryl methyl sites for hydroxylation is 1. The molecule has 0 unspecified atom stereocenters. The highest BCUT2D eigenvalue weighted by atomic mass is 35.5. The molecule has 0 radical (unpaired) electrons. The zero-order valence-electron chi connectivity index (χ0n) is 16.3. The van der Waals surface area contributed by atoms with Gasteiger partial charge in [-0.25, -0.2) is 4.98 Å². The molecule has 0 bridgehead atoms. The topological polar surface area (TPSA) is 80.0 Å². The zero-order chi connectivity index (χ0) is 20.5. The molecule has 1 saturated heterocycles. The first kappa shape index (κ1) is 20.1. The van der Waals surface area contributed by atoms with Crippen molar-refractivity contribution in [2.24, 2.45) is 5.92 Å². The second-order valence-electron chi connectivity index (χ2n) is 7.15. The molecule has 1 fully saturated rings. The summed E-state index contributed by atoms with van der Waals surface area (Å²) in [5.41, 5.74) is 0.884. The van der Waals surface area contributed by atoms with Crippen LogP contribution in [0.15, 0.2) is 24.3 Å². The summed E-state index contributed by atoms with van der Waals surface area (Å²) in [5.74, 6) is 0.305. The normalized spacial score (nSPS) is 18.8. The van der Waals surface area contributed by atoms with Gasteiger partial charge in [0, 0.05) is 11.6 Å². The quantitative estimate of drug-likeness (QED) is 0.615. The third-order valence-corrected chi connectivity index (χ3v) is 6.61. The van der Waals surface area contributed by atoms with E-state index in [4.69, 9.17) is 16.3 Å². The number of halogens is 1.